The fourth-order valence-corrected chi connectivity index (χ4v) is 1.95. The van der Waals surface area contributed by atoms with E-state index in [0.717, 1.165) is 12.1 Å². The van der Waals surface area contributed by atoms with Gasteiger partial charge in [-0.25, -0.2) is 0 Å². The molecule has 0 aliphatic carbocycles. The van der Waals surface area contributed by atoms with Crippen molar-refractivity contribution in [3.8, 4) is 5.75 Å². The van der Waals surface area contributed by atoms with Gasteiger partial charge >= 0.3 is 6.18 Å². The van der Waals surface area contributed by atoms with Crippen LogP contribution in [0.1, 0.15) is 21.5 Å². The van der Waals surface area contributed by atoms with E-state index < -0.39 is 34.0 Å². The van der Waals surface area contributed by atoms with Gasteiger partial charge in [0, 0.05) is 17.7 Å². The Kier molecular flexibility index (Phi) is 4.72. The van der Waals surface area contributed by atoms with Gasteiger partial charge in [0.15, 0.2) is 0 Å². The molecule has 24 heavy (non-hydrogen) atoms. The third-order valence-corrected chi connectivity index (χ3v) is 3.09. The summed E-state index contributed by atoms with van der Waals surface area (Å²) in [6.45, 7) is -0.262. The molecule has 2 N–H and O–H groups in total. The number of carbonyl (C=O) groups excluding carboxylic acids is 1. The molecule has 0 aliphatic heterocycles. The molecule has 126 valence electrons. The van der Waals surface area contributed by atoms with E-state index in [1.165, 1.54) is 18.2 Å². The molecule has 0 spiro atoms. The van der Waals surface area contributed by atoms with Crippen LogP contribution < -0.4 is 10.5 Å². The van der Waals surface area contributed by atoms with E-state index in [4.69, 9.17) is 10.5 Å². The summed E-state index contributed by atoms with van der Waals surface area (Å²) in [5.74, 6) is -1.22. The predicted octanol–water partition coefficient (Wildman–Crippen LogP) is 3.29. The number of primary amides is 1. The summed E-state index contributed by atoms with van der Waals surface area (Å²) in [6.07, 6.45) is -4.81. The summed E-state index contributed by atoms with van der Waals surface area (Å²) in [5, 5.41) is 10.6. The van der Waals surface area contributed by atoms with Gasteiger partial charge in [-0.15, -0.1) is 0 Å². The Labute approximate surface area is 133 Å². The number of rotatable bonds is 5. The molecule has 0 aliphatic rings. The van der Waals surface area contributed by atoms with Crippen LogP contribution >= 0.6 is 0 Å². The van der Waals surface area contributed by atoms with Gasteiger partial charge in [-0.05, 0) is 23.8 Å². The van der Waals surface area contributed by atoms with Crippen molar-refractivity contribution in [3.05, 3.63) is 69.3 Å². The van der Waals surface area contributed by atoms with Crippen molar-refractivity contribution in [2.45, 2.75) is 12.8 Å². The fourth-order valence-electron chi connectivity index (χ4n) is 1.95. The molecule has 0 atom stereocenters. The minimum absolute atomic E-state index is 0.191. The van der Waals surface area contributed by atoms with Gasteiger partial charge in [0.2, 0.25) is 5.91 Å². The maximum atomic E-state index is 13.0. The van der Waals surface area contributed by atoms with E-state index >= 15 is 0 Å². The normalized spacial score (nSPS) is 11.1. The molecule has 0 bridgehead atoms. The largest absolute Gasteiger partial charge is 0.488 e. The number of hydrogen-bond donors (Lipinski definition) is 1. The van der Waals surface area contributed by atoms with E-state index in [0.29, 0.717) is 11.6 Å². The second kappa shape index (κ2) is 6.57. The molecule has 0 aromatic heterocycles. The lowest BCUT2D eigenvalue weighted by Crippen LogP contribution is -2.12. The number of nitro groups is 1. The van der Waals surface area contributed by atoms with Crippen molar-refractivity contribution in [2.24, 2.45) is 5.73 Å². The summed E-state index contributed by atoms with van der Waals surface area (Å²) in [5.41, 5.74) is 3.81. The first kappa shape index (κ1) is 17.3. The lowest BCUT2D eigenvalue weighted by Gasteiger charge is -2.14. The van der Waals surface area contributed by atoms with Crippen molar-refractivity contribution in [3.63, 3.8) is 0 Å². The number of nitrogens with two attached hydrogens (primary N) is 1. The van der Waals surface area contributed by atoms with Crippen LogP contribution in [0.3, 0.4) is 0 Å². The zero-order valence-electron chi connectivity index (χ0n) is 12.0. The average Bonchev–Trinajstić information content (AvgIpc) is 2.52. The van der Waals surface area contributed by atoms with Crippen molar-refractivity contribution < 1.29 is 27.6 Å². The molecule has 2 rings (SSSR count). The van der Waals surface area contributed by atoms with E-state index in [1.807, 2.05) is 0 Å². The Balaban J connectivity index is 2.28. The zero-order valence-corrected chi connectivity index (χ0v) is 12.0. The first-order valence-electron chi connectivity index (χ1n) is 6.55. The summed E-state index contributed by atoms with van der Waals surface area (Å²) in [4.78, 5) is 20.8. The summed E-state index contributed by atoms with van der Waals surface area (Å²) in [6, 6.07) is 8.13. The number of hydrogen-bond acceptors (Lipinski definition) is 4. The van der Waals surface area contributed by atoms with Crippen LogP contribution in [0.2, 0.25) is 0 Å². The smallest absolute Gasteiger partial charge is 0.420 e. The summed E-state index contributed by atoms with van der Waals surface area (Å²) < 4.78 is 44.2. The van der Waals surface area contributed by atoms with Gasteiger partial charge in [-0.1, -0.05) is 12.1 Å². The molecule has 6 nitrogen and oxygen atoms in total. The molecule has 2 aromatic carbocycles. The van der Waals surface area contributed by atoms with Crippen molar-refractivity contribution in [2.75, 3.05) is 0 Å². The highest BCUT2D eigenvalue weighted by atomic mass is 19.4. The summed E-state index contributed by atoms with van der Waals surface area (Å²) >= 11 is 0. The Bertz CT molecular complexity index is 791. The van der Waals surface area contributed by atoms with Gasteiger partial charge in [0.05, 0.1) is 4.92 Å². The van der Waals surface area contributed by atoms with Crippen LogP contribution in [0, 0.1) is 10.1 Å². The second-order valence-corrected chi connectivity index (χ2v) is 4.79. The topological polar surface area (TPSA) is 95.5 Å². The van der Waals surface area contributed by atoms with Crippen LogP contribution in [-0.2, 0) is 12.8 Å². The number of non-ortho nitro benzene ring substituents is 1. The minimum atomic E-state index is -4.81. The molecule has 0 heterocycles. The summed E-state index contributed by atoms with van der Waals surface area (Å²) in [7, 11) is 0. The van der Waals surface area contributed by atoms with E-state index in [9.17, 15) is 28.1 Å². The fraction of sp³-hybridized carbons (Fsp3) is 0.133. The van der Waals surface area contributed by atoms with Gasteiger partial charge < -0.3 is 10.5 Å². The van der Waals surface area contributed by atoms with E-state index in [-0.39, 0.29) is 12.2 Å². The zero-order chi connectivity index (χ0) is 17.9. The Hall–Kier alpha value is -3.10. The molecular formula is C15H11F3N2O4. The van der Waals surface area contributed by atoms with Crippen LogP contribution in [0.4, 0.5) is 18.9 Å². The number of halogens is 3. The third kappa shape index (κ3) is 4.00. The number of nitro benzene ring substituents is 1. The third-order valence-electron chi connectivity index (χ3n) is 3.09. The van der Waals surface area contributed by atoms with Crippen molar-refractivity contribution in [1.82, 2.24) is 0 Å². The molecule has 0 saturated carbocycles. The molecule has 0 fully saturated rings. The van der Waals surface area contributed by atoms with E-state index in [1.54, 1.807) is 6.07 Å². The molecule has 9 heteroatoms. The van der Waals surface area contributed by atoms with Crippen molar-refractivity contribution >= 4 is 11.6 Å². The highest BCUT2D eigenvalue weighted by Gasteiger charge is 2.36. The minimum Gasteiger partial charge on any atom is -0.488 e. The highest BCUT2D eigenvalue weighted by molar-refractivity contribution is 5.92. The number of amides is 1. The number of carbonyl (C=O) groups is 1. The molecule has 0 unspecified atom stereocenters. The molecule has 2 aromatic rings. The molecule has 0 radical (unpaired) electrons. The Morgan fingerprint density at radius 2 is 1.92 bits per heavy atom. The molecule has 1 amide bonds. The lowest BCUT2D eigenvalue weighted by atomic mass is 10.1. The van der Waals surface area contributed by atoms with Gasteiger partial charge in [0.25, 0.3) is 5.69 Å². The Morgan fingerprint density at radius 3 is 2.50 bits per heavy atom. The number of nitrogens with zero attached hydrogens (tertiary/aromatic N) is 1. The number of ether oxygens (including phenoxy) is 1. The number of alkyl halides is 3. The monoisotopic (exact) mass is 340 g/mol. The molecule has 0 saturated heterocycles. The second-order valence-electron chi connectivity index (χ2n) is 4.79. The van der Waals surface area contributed by atoms with Gasteiger partial charge in [0.1, 0.15) is 17.9 Å². The SMILES string of the molecule is NC(=O)c1cccc(COc2ccc([N+](=O)[O-])cc2C(F)(F)F)c1. The maximum absolute atomic E-state index is 13.0. The number of benzene rings is 2. The maximum Gasteiger partial charge on any atom is 0.420 e. The average molecular weight is 340 g/mol. The predicted molar refractivity (Wildman–Crippen MR) is 77.4 cm³/mol. The van der Waals surface area contributed by atoms with Crippen LogP contribution in [0.5, 0.6) is 5.75 Å². The highest BCUT2D eigenvalue weighted by Crippen LogP contribution is 2.38. The van der Waals surface area contributed by atoms with Crippen molar-refractivity contribution in [1.29, 1.82) is 0 Å². The first-order chi connectivity index (χ1) is 11.2. The Morgan fingerprint density at radius 1 is 1.21 bits per heavy atom. The quantitative estimate of drug-likeness (QED) is 0.667. The first-order valence-corrected chi connectivity index (χ1v) is 6.55. The van der Waals surface area contributed by atoms with E-state index in [2.05, 4.69) is 0 Å². The van der Waals surface area contributed by atoms with Gasteiger partial charge in [-0.2, -0.15) is 13.2 Å². The van der Waals surface area contributed by atoms with Crippen LogP contribution in [0.15, 0.2) is 42.5 Å². The van der Waals surface area contributed by atoms with Crippen LogP contribution in [-0.4, -0.2) is 10.8 Å². The lowest BCUT2D eigenvalue weighted by molar-refractivity contribution is -0.385. The standard InChI is InChI=1S/C15H11F3N2O4/c16-15(17,18)12-7-11(20(22)23)4-5-13(12)24-8-9-2-1-3-10(6-9)14(19)21/h1-7H,8H2,(H2,19,21). The van der Waals surface area contributed by atoms with Crippen LogP contribution in [0.25, 0.3) is 0 Å². The van der Waals surface area contributed by atoms with Gasteiger partial charge in [-0.3, -0.25) is 14.9 Å². The molecular weight excluding hydrogens is 329 g/mol.